The van der Waals surface area contributed by atoms with Crippen LogP contribution in [0.25, 0.3) is 0 Å². The van der Waals surface area contributed by atoms with Gasteiger partial charge in [-0.3, -0.25) is 4.90 Å². The molecule has 15 heteroatoms. The van der Waals surface area contributed by atoms with E-state index in [0.29, 0.717) is 21.9 Å². The lowest BCUT2D eigenvalue weighted by molar-refractivity contribution is 0.195. The summed E-state index contributed by atoms with van der Waals surface area (Å²) in [4.78, 5) is 16.4. The number of hydrogen-bond acceptors (Lipinski definition) is 11. The monoisotopic (exact) mass is 543 g/mol. The topological polar surface area (TPSA) is 95.9 Å². The number of amides is 2. The Kier molecular flexibility index (Phi) is 9.09. The summed E-state index contributed by atoms with van der Waals surface area (Å²) in [7, 11) is -1.06. The van der Waals surface area contributed by atoms with Crippen LogP contribution in [0.15, 0.2) is 24.8 Å². The number of rotatable bonds is 7. The molecule has 0 aromatic carbocycles. The second kappa shape index (κ2) is 10.6. The van der Waals surface area contributed by atoms with Crippen molar-refractivity contribution in [2.45, 2.75) is 36.6 Å². The summed E-state index contributed by atoms with van der Waals surface area (Å²) < 4.78 is 32.4. The predicted molar refractivity (Wildman–Crippen MR) is 136 cm³/mol. The number of likely N-dealkylation sites (N-methyl/N-ethyl adjacent to an activating group) is 1. The molecule has 1 atom stereocenters. The summed E-state index contributed by atoms with van der Waals surface area (Å²) in [5.41, 5.74) is -0.216. The number of carbonyl (C=O) groups excluding carboxylic acids is 1. The summed E-state index contributed by atoms with van der Waals surface area (Å²) in [6, 6.07) is -0.301. The molecule has 0 saturated heterocycles. The van der Waals surface area contributed by atoms with Crippen molar-refractivity contribution in [2.75, 3.05) is 32.1 Å². The molecule has 1 aliphatic rings. The van der Waals surface area contributed by atoms with Gasteiger partial charge < -0.3 is 9.64 Å². The molecule has 2 heterocycles. The molecule has 2 amide bonds. The average Bonchev–Trinajstić information content (AvgIpc) is 3.20. The van der Waals surface area contributed by atoms with Crippen LogP contribution in [0.2, 0.25) is 0 Å². The summed E-state index contributed by atoms with van der Waals surface area (Å²) in [6.45, 7) is 6.12. The first-order chi connectivity index (χ1) is 14.3. The maximum absolute atomic E-state index is 13.0. The third kappa shape index (κ3) is 5.68. The number of nitrogens with zero attached hydrogens (tertiary/aromatic N) is 5. The lowest BCUT2D eigenvalue weighted by atomic mass is 10.2. The molecule has 2 rings (SSSR count). The molecule has 174 valence electrons. The van der Waals surface area contributed by atoms with Gasteiger partial charge in [0.15, 0.2) is 10.5 Å². The van der Waals surface area contributed by atoms with Crippen molar-refractivity contribution >= 4 is 83.0 Å². The van der Waals surface area contributed by atoms with E-state index in [1.165, 1.54) is 19.0 Å². The van der Waals surface area contributed by atoms with Crippen molar-refractivity contribution in [3.8, 4) is 0 Å². The Balaban J connectivity index is 2.26. The minimum atomic E-state index is -3.99. The highest BCUT2D eigenvalue weighted by Gasteiger charge is 2.32. The second-order valence-corrected chi connectivity index (χ2v) is 11.8. The van der Waals surface area contributed by atoms with E-state index < -0.39 is 15.5 Å². The molecule has 0 bridgehead atoms. The molecule has 1 aromatic heterocycles. The molecule has 1 aliphatic heterocycles. The number of anilines is 1. The lowest BCUT2D eigenvalue weighted by Crippen LogP contribution is -2.44. The van der Waals surface area contributed by atoms with E-state index in [0.717, 1.165) is 15.6 Å². The van der Waals surface area contributed by atoms with Gasteiger partial charge in [0.1, 0.15) is 0 Å². The second-order valence-electron chi connectivity index (χ2n) is 6.83. The van der Waals surface area contributed by atoms with E-state index in [9.17, 15) is 13.2 Å². The van der Waals surface area contributed by atoms with Crippen LogP contribution in [0.3, 0.4) is 0 Å². The Hall–Kier alpha value is -0.580. The third-order valence-electron chi connectivity index (χ3n) is 4.46. The first-order valence-electron chi connectivity index (χ1n) is 9.06. The van der Waals surface area contributed by atoms with Crippen LogP contribution in [-0.2, 0) is 14.8 Å². The number of ether oxygens (including phenoxy) is 1. The van der Waals surface area contributed by atoms with Crippen molar-refractivity contribution in [3.05, 3.63) is 20.5 Å². The Morgan fingerprint density at radius 2 is 1.81 bits per heavy atom. The van der Waals surface area contributed by atoms with Crippen LogP contribution in [-0.4, -0.2) is 72.5 Å². The molecule has 0 fully saturated rings. The molecule has 0 saturated carbocycles. The Morgan fingerprint density at radius 3 is 2.35 bits per heavy atom. The molecule has 0 spiro atoms. The van der Waals surface area contributed by atoms with Crippen molar-refractivity contribution in [1.29, 1.82) is 0 Å². The zero-order valence-corrected chi connectivity index (χ0v) is 22.8. The zero-order valence-electron chi connectivity index (χ0n) is 17.5. The van der Waals surface area contributed by atoms with E-state index in [1.54, 1.807) is 4.90 Å². The van der Waals surface area contributed by atoms with E-state index in [-0.39, 0.29) is 33.2 Å². The highest BCUT2D eigenvalue weighted by atomic mass is 32.2. The molecular weight excluding hydrogens is 519 g/mol. The van der Waals surface area contributed by atoms with Gasteiger partial charge >= 0.3 is 6.03 Å². The van der Waals surface area contributed by atoms with Crippen LogP contribution >= 0.6 is 61.9 Å². The highest BCUT2D eigenvalue weighted by Crippen LogP contribution is 2.37. The van der Waals surface area contributed by atoms with Crippen LogP contribution in [0.5, 0.6) is 0 Å². The fourth-order valence-electron chi connectivity index (χ4n) is 2.65. The largest absolute Gasteiger partial charge is 0.468 e. The van der Waals surface area contributed by atoms with E-state index in [2.05, 4.69) is 60.7 Å². The summed E-state index contributed by atoms with van der Waals surface area (Å²) in [6.07, 6.45) is 0. The minimum absolute atomic E-state index is 0.0126. The quantitative estimate of drug-likeness (QED) is 0.312. The van der Waals surface area contributed by atoms with E-state index in [1.807, 2.05) is 20.8 Å². The SMILES string of the molecule is CCN(C(=O)N(C)c1nnc(S(=O)(=O)N(C)CC2=C(S)C(S)=C(S)OC2S)s1)C(C)C. The average molecular weight is 544 g/mol. The van der Waals surface area contributed by atoms with Crippen LogP contribution in [0.1, 0.15) is 20.8 Å². The number of carbonyl (C=O) groups is 1. The highest BCUT2D eigenvalue weighted by molar-refractivity contribution is 7.92. The molecular formula is C16H25N5O4S6. The van der Waals surface area contributed by atoms with Gasteiger partial charge in [-0.1, -0.05) is 11.3 Å². The van der Waals surface area contributed by atoms with Gasteiger partial charge in [-0.2, -0.15) is 4.31 Å². The number of sulfonamides is 1. The van der Waals surface area contributed by atoms with Crippen molar-refractivity contribution in [3.63, 3.8) is 0 Å². The van der Waals surface area contributed by atoms with Crippen LogP contribution in [0, 0.1) is 0 Å². The molecule has 1 unspecified atom stereocenters. The first-order valence-corrected chi connectivity index (χ1v) is 13.2. The lowest BCUT2D eigenvalue weighted by Gasteiger charge is -2.28. The Bertz CT molecular complexity index is 1010. The summed E-state index contributed by atoms with van der Waals surface area (Å²) in [5, 5.41) is 8.15. The fourth-order valence-corrected chi connectivity index (χ4v) is 6.23. The number of aromatic nitrogens is 2. The molecule has 0 aliphatic carbocycles. The maximum Gasteiger partial charge on any atom is 0.326 e. The third-order valence-corrected chi connectivity index (χ3v) is 9.64. The van der Waals surface area contributed by atoms with Gasteiger partial charge in [0.25, 0.3) is 10.0 Å². The molecule has 31 heavy (non-hydrogen) atoms. The molecule has 9 nitrogen and oxygen atoms in total. The van der Waals surface area contributed by atoms with E-state index in [4.69, 9.17) is 4.74 Å². The number of hydrogen-bond donors (Lipinski definition) is 4. The Labute approximate surface area is 208 Å². The molecule has 1 aromatic rings. The first kappa shape index (κ1) is 26.7. The molecule has 0 radical (unpaired) electrons. The molecule has 0 N–H and O–H groups in total. The summed E-state index contributed by atoms with van der Waals surface area (Å²) >= 11 is 18.0. The predicted octanol–water partition coefficient (Wildman–Crippen LogP) is 2.94. The van der Waals surface area contributed by atoms with Gasteiger partial charge in [-0.15, -0.1) is 60.7 Å². The van der Waals surface area contributed by atoms with Crippen molar-refractivity contribution in [1.82, 2.24) is 19.4 Å². The van der Waals surface area contributed by atoms with Crippen LogP contribution < -0.4 is 4.90 Å². The van der Waals surface area contributed by atoms with Crippen molar-refractivity contribution < 1.29 is 17.9 Å². The van der Waals surface area contributed by atoms with Gasteiger partial charge in [0.2, 0.25) is 9.47 Å². The van der Waals surface area contributed by atoms with Crippen LogP contribution in [0.4, 0.5) is 9.93 Å². The van der Waals surface area contributed by atoms with Gasteiger partial charge in [0.05, 0.1) is 4.91 Å². The van der Waals surface area contributed by atoms with Gasteiger partial charge in [-0.05, 0) is 20.8 Å². The number of urea groups is 1. The smallest absolute Gasteiger partial charge is 0.326 e. The minimum Gasteiger partial charge on any atom is -0.468 e. The van der Waals surface area contributed by atoms with E-state index >= 15 is 0 Å². The standard InChI is InChI=1S/C16H25N5O4S6/c1-6-21(8(2)3)16(22)20(5)14-17-18-15(30-14)31(23,24)19(4)7-9-10(26)11(27)13(29)25-12(9)28/h8,12,26-29H,6-7H2,1-5H3. The summed E-state index contributed by atoms with van der Waals surface area (Å²) in [5.74, 6) is 0. The maximum atomic E-state index is 13.0. The fraction of sp³-hybridized carbons (Fsp3) is 0.562. The van der Waals surface area contributed by atoms with Gasteiger partial charge in [0, 0.05) is 43.7 Å². The normalized spacial score (nSPS) is 17.5. The van der Waals surface area contributed by atoms with Gasteiger partial charge in [-0.25, -0.2) is 13.2 Å². The number of thiol groups is 4. The van der Waals surface area contributed by atoms with Crippen molar-refractivity contribution in [2.24, 2.45) is 0 Å². The Morgan fingerprint density at radius 1 is 1.19 bits per heavy atom. The zero-order chi connectivity index (χ0) is 23.7.